The van der Waals surface area contributed by atoms with Crippen molar-refractivity contribution in [2.45, 2.75) is 6.54 Å². The number of nitrogens with one attached hydrogen (secondary N) is 1. The lowest BCUT2D eigenvalue weighted by Crippen LogP contribution is -2.02. The van der Waals surface area contributed by atoms with E-state index in [0.29, 0.717) is 6.54 Å². The van der Waals surface area contributed by atoms with Crippen LogP contribution in [0.25, 0.3) is 21.5 Å². The zero-order chi connectivity index (χ0) is 14.8. The summed E-state index contributed by atoms with van der Waals surface area (Å²) >= 11 is 1.64. The van der Waals surface area contributed by atoms with Gasteiger partial charge in [-0.05, 0) is 29.1 Å². The standard InChI is InChI=1S/C16H12N4OS/c1-2-13(12-3-5-21-9-12)17-7-11(1)8-18-16-15-14(4-6-22-15)19-10-20-16/h1-7,9-10H,8H2,(H,18,19,20). The van der Waals surface area contributed by atoms with E-state index in [1.165, 1.54) is 0 Å². The maximum absolute atomic E-state index is 5.07. The third kappa shape index (κ3) is 2.44. The molecule has 6 heteroatoms. The Morgan fingerprint density at radius 1 is 1.09 bits per heavy atom. The predicted octanol–water partition coefficient (Wildman–Crippen LogP) is 3.96. The minimum absolute atomic E-state index is 0.669. The van der Waals surface area contributed by atoms with Gasteiger partial charge in [0.15, 0.2) is 0 Å². The van der Waals surface area contributed by atoms with E-state index < -0.39 is 0 Å². The van der Waals surface area contributed by atoms with Gasteiger partial charge in [0, 0.05) is 18.3 Å². The third-order valence-corrected chi connectivity index (χ3v) is 4.26. The van der Waals surface area contributed by atoms with E-state index in [-0.39, 0.29) is 0 Å². The van der Waals surface area contributed by atoms with Crippen LogP contribution in [-0.4, -0.2) is 15.0 Å². The van der Waals surface area contributed by atoms with E-state index in [4.69, 9.17) is 4.42 Å². The number of thiophene rings is 1. The molecule has 1 N–H and O–H groups in total. The van der Waals surface area contributed by atoms with Crippen molar-refractivity contribution < 1.29 is 4.42 Å². The number of fused-ring (bicyclic) bond motifs is 1. The lowest BCUT2D eigenvalue weighted by atomic mass is 10.2. The predicted molar refractivity (Wildman–Crippen MR) is 86.7 cm³/mol. The number of hydrogen-bond donors (Lipinski definition) is 1. The zero-order valence-electron chi connectivity index (χ0n) is 11.6. The largest absolute Gasteiger partial charge is 0.472 e. The summed E-state index contributed by atoms with van der Waals surface area (Å²) in [4.78, 5) is 13.0. The molecule has 4 aromatic rings. The summed E-state index contributed by atoms with van der Waals surface area (Å²) in [7, 11) is 0. The molecule has 0 fully saturated rings. The minimum atomic E-state index is 0.669. The van der Waals surface area contributed by atoms with Crippen molar-refractivity contribution in [1.82, 2.24) is 15.0 Å². The van der Waals surface area contributed by atoms with Gasteiger partial charge in [0.25, 0.3) is 0 Å². The van der Waals surface area contributed by atoms with Gasteiger partial charge in [-0.2, -0.15) is 0 Å². The summed E-state index contributed by atoms with van der Waals surface area (Å²) < 4.78 is 6.15. The van der Waals surface area contributed by atoms with E-state index in [1.54, 1.807) is 30.2 Å². The molecule has 0 saturated carbocycles. The second-order valence-electron chi connectivity index (χ2n) is 4.77. The van der Waals surface area contributed by atoms with Crippen LogP contribution >= 0.6 is 11.3 Å². The number of pyridine rings is 1. The van der Waals surface area contributed by atoms with Crippen molar-refractivity contribution in [2.24, 2.45) is 0 Å². The lowest BCUT2D eigenvalue weighted by molar-refractivity contribution is 0.568. The van der Waals surface area contributed by atoms with Gasteiger partial charge in [0.05, 0.1) is 28.4 Å². The quantitative estimate of drug-likeness (QED) is 0.618. The van der Waals surface area contributed by atoms with Crippen LogP contribution in [0.5, 0.6) is 0 Å². The number of rotatable bonds is 4. The van der Waals surface area contributed by atoms with Crippen molar-refractivity contribution in [3.63, 3.8) is 0 Å². The molecule has 4 rings (SSSR count). The molecule has 108 valence electrons. The van der Waals surface area contributed by atoms with Gasteiger partial charge in [-0.15, -0.1) is 11.3 Å². The first-order valence-corrected chi connectivity index (χ1v) is 7.68. The highest BCUT2D eigenvalue weighted by Gasteiger charge is 2.05. The Balaban J connectivity index is 1.51. The van der Waals surface area contributed by atoms with Gasteiger partial charge in [-0.3, -0.25) is 4.98 Å². The molecular weight excluding hydrogens is 296 g/mol. The molecule has 5 nitrogen and oxygen atoms in total. The zero-order valence-corrected chi connectivity index (χ0v) is 12.4. The van der Waals surface area contributed by atoms with Gasteiger partial charge < -0.3 is 9.73 Å². The molecule has 0 aliphatic heterocycles. The second kappa shape index (κ2) is 5.57. The number of furan rings is 1. The maximum Gasteiger partial charge on any atom is 0.147 e. The number of aromatic nitrogens is 3. The summed E-state index contributed by atoms with van der Waals surface area (Å²) in [6.07, 6.45) is 6.78. The molecule has 22 heavy (non-hydrogen) atoms. The van der Waals surface area contributed by atoms with Crippen molar-refractivity contribution in [3.8, 4) is 11.3 Å². The van der Waals surface area contributed by atoms with E-state index in [0.717, 1.165) is 32.9 Å². The Morgan fingerprint density at radius 3 is 2.91 bits per heavy atom. The fraction of sp³-hybridized carbons (Fsp3) is 0.0625. The Labute approximate surface area is 130 Å². The minimum Gasteiger partial charge on any atom is -0.472 e. The van der Waals surface area contributed by atoms with Crippen molar-refractivity contribution in [1.29, 1.82) is 0 Å². The highest BCUT2D eigenvalue weighted by Crippen LogP contribution is 2.25. The Bertz CT molecular complexity index is 884. The summed E-state index contributed by atoms with van der Waals surface area (Å²) in [6.45, 7) is 0.669. The van der Waals surface area contributed by atoms with E-state index >= 15 is 0 Å². The topological polar surface area (TPSA) is 63.8 Å². The average Bonchev–Trinajstić information content (AvgIpc) is 3.24. The summed E-state index contributed by atoms with van der Waals surface area (Å²) in [5.74, 6) is 0.860. The molecule has 4 heterocycles. The third-order valence-electron chi connectivity index (χ3n) is 3.34. The van der Waals surface area contributed by atoms with Crippen molar-refractivity contribution in [2.75, 3.05) is 5.32 Å². The smallest absolute Gasteiger partial charge is 0.147 e. The van der Waals surface area contributed by atoms with Gasteiger partial charge >= 0.3 is 0 Å². The van der Waals surface area contributed by atoms with Crippen molar-refractivity contribution in [3.05, 3.63) is 60.3 Å². The molecule has 0 aromatic carbocycles. The molecule has 4 aromatic heterocycles. The number of hydrogen-bond acceptors (Lipinski definition) is 6. The van der Waals surface area contributed by atoms with Crippen molar-refractivity contribution >= 4 is 27.4 Å². The number of nitrogens with zero attached hydrogens (tertiary/aromatic N) is 3. The molecule has 0 aliphatic carbocycles. The van der Waals surface area contributed by atoms with E-state index in [2.05, 4.69) is 26.3 Å². The molecule has 0 amide bonds. The second-order valence-corrected chi connectivity index (χ2v) is 5.69. The summed E-state index contributed by atoms with van der Waals surface area (Å²) in [5, 5.41) is 5.36. The lowest BCUT2D eigenvalue weighted by Gasteiger charge is -2.06. The summed E-state index contributed by atoms with van der Waals surface area (Å²) in [6, 6.07) is 7.93. The molecule has 0 aliphatic rings. The van der Waals surface area contributed by atoms with Gasteiger partial charge in [-0.1, -0.05) is 6.07 Å². The monoisotopic (exact) mass is 308 g/mol. The molecule has 0 bridgehead atoms. The van der Waals surface area contributed by atoms with Crippen LogP contribution in [-0.2, 0) is 6.54 Å². The Morgan fingerprint density at radius 2 is 2.09 bits per heavy atom. The first-order valence-electron chi connectivity index (χ1n) is 6.80. The highest BCUT2D eigenvalue weighted by atomic mass is 32.1. The first-order chi connectivity index (χ1) is 10.9. The van der Waals surface area contributed by atoms with Crippen LogP contribution in [0.2, 0.25) is 0 Å². The molecular formula is C16H12N4OS. The highest BCUT2D eigenvalue weighted by molar-refractivity contribution is 7.17. The molecule has 0 saturated heterocycles. The van der Waals surface area contributed by atoms with Crippen LogP contribution in [0, 0.1) is 0 Å². The van der Waals surface area contributed by atoms with E-state index in [1.807, 2.05) is 29.8 Å². The molecule has 0 spiro atoms. The number of anilines is 1. The van der Waals surface area contributed by atoms with Crippen LogP contribution in [0.4, 0.5) is 5.82 Å². The van der Waals surface area contributed by atoms with Crippen LogP contribution in [0.1, 0.15) is 5.56 Å². The average molecular weight is 308 g/mol. The van der Waals surface area contributed by atoms with Crippen LogP contribution < -0.4 is 5.32 Å². The van der Waals surface area contributed by atoms with E-state index in [9.17, 15) is 0 Å². The first kappa shape index (κ1) is 13.0. The normalized spacial score (nSPS) is 10.9. The molecule has 0 atom stereocenters. The van der Waals surface area contributed by atoms with Crippen LogP contribution in [0.15, 0.2) is 59.1 Å². The maximum atomic E-state index is 5.07. The Hall–Kier alpha value is -2.73. The van der Waals surface area contributed by atoms with Gasteiger partial charge in [0.1, 0.15) is 12.1 Å². The molecule has 0 radical (unpaired) electrons. The Kier molecular flexibility index (Phi) is 3.29. The fourth-order valence-corrected chi connectivity index (χ4v) is 3.02. The van der Waals surface area contributed by atoms with Gasteiger partial charge in [0.2, 0.25) is 0 Å². The molecule has 0 unspecified atom stereocenters. The summed E-state index contributed by atoms with van der Waals surface area (Å²) in [5.41, 5.74) is 3.95. The SMILES string of the molecule is c1nc(NCc2ccc(-c3ccoc3)nc2)c2sccc2n1. The van der Waals surface area contributed by atoms with Gasteiger partial charge in [-0.25, -0.2) is 9.97 Å². The fourth-order valence-electron chi connectivity index (χ4n) is 2.21. The van der Waals surface area contributed by atoms with Crippen LogP contribution in [0.3, 0.4) is 0 Å².